The first-order valence-corrected chi connectivity index (χ1v) is 11.5. The Labute approximate surface area is 192 Å². The third-order valence-corrected chi connectivity index (χ3v) is 6.57. The molecule has 2 aromatic carbocycles. The Morgan fingerprint density at radius 1 is 1.12 bits per heavy atom. The molecule has 1 aliphatic heterocycles. The van der Waals surface area contributed by atoms with Gasteiger partial charge in [0.2, 0.25) is 5.91 Å². The first kappa shape index (κ1) is 21.4. The van der Waals surface area contributed by atoms with Crippen LogP contribution in [-0.4, -0.2) is 27.6 Å². The maximum atomic E-state index is 14.2. The minimum atomic E-state index is -0.839. The van der Waals surface area contributed by atoms with Gasteiger partial charge in [0.15, 0.2) is 0 Å². The molecule has 2 amide bonds. The van der Waals surface area contributed by atoms with Crippen molar-refractivity contribution in [2.45, 2.75) is 57.7 Å². The molecule has 1 unspecified atom stereocenters. The quantitative estimate of drug-likeness (QED) is 0.567. The predicted molar refractivity (Wildman–Crippen MR) is 124 cm³/mol. The lowest BCUT2D eigenvalue weighted by Gasteiger charge is -2.33. The Morgan fingerprint density at radius 2 is 1.91 bits per heavy atom. The fourth-order valence-electron chi connectivity index (χ4n) is 5.12. The van der Waals surface area contributed by atoms with Crippen molar-refractivity contribution >= 4 is 23.2 Å². The van der Waals surface area contributed by atoms with E-state index < -0.39 is 11.9 Å². The lowest BCUT2D eigenvalue weighted by molar-refractivity contribution is -0.125. The van der Waals surface area contributed by atoms with Crippen LogP contribution in [0.2, 0.25) is 0 Å². The van der Waals surface area contributed by atoms with Gasteiger partial charge < -0.3 is 4.90 Å². The Hall–Kier alpha value is -3.48. The molecule has 5 rings (SSSR count). The van der Waals surface area contributed by atoms with Crippen LogP contribution in [0.1, 0.15) is 49.3 Å². The third-order valence-electron chi connectivity index (χ3n) is 6.57. The van der Waals surface area contributed by atoms with Crippen LogP contribution < -0.4 is 9.80 Å². The number of benzene rings is 2. The third kappa shape index (κ3) is 4.03. The number of carbonyl (C=O) groups is 2. The monoisotopic (exact) mass is 446 g/mol. The summed E-state index contributed by atoms with van der Waals surface area (Å²) in [5.41, 5.74) is 2.93. The molecule has 3 aromatic rings. The highest BCUT2D eigenvalue weighted by Gasteiger charge is 2.45. The molecule has 0 radical (unpaired) electrons. The average Bonchev–Trinajstić information content (AvgIpc) is 3.35. The number of anilines is 2. The fourth-order valence-corrected chi connectivity index (χ4v) is 5.12. The number of hydrogen-bond acceptors (Lipinski definition) is 3. The fraction of sp³-hybridized carbons (Fsp3) is 0.346. The van der Waals surface area contributed by atoms with E-state index in [1.54, 1.807) is 29.2 Å². The molecule has 33 heavy (non-hydrogen) atoms. The number of halogens is 1. The molecule has 1 atom stereocenters. The van der Waals surface area contributed by atoms with E-state index in [2.05, 4.69) is 5.10 Å². The molecule has 1 aromatic heterocycles. The zero-order chi connectivity index (χ0) is 22.9. The summed E-state index contributed by atoms with van der Waals surface area (Å²) in [6, 6.07) is 12.8. The molecular weight excluding hydrogens is 419 g/mol. The van der Waals surface area contributed by atoms with E-state index in [0.717, 1.165) is 42.5 Å². The van der Waals surface area contributed by atoms with Crippen LogP contribution in [-0.2, 0) is 16.1 Å². The molecule has 7 heteroatoms. The predicted octanol–water partition coefficient (Wildman–Crippen LogP) is 4.78. The SMILES string of the molecule is Cc1cnn(CC(=O)N(c2cccc(F)c2)C2C(=O)N(C3CCCCC3)c3ccccc32)c1. The molecule has 0 bridgehead atoms. The summed E-state index contributed by atoms with van der Waals surface area (Å²) in [4.78, 5) is 30.9. The number of hydrogen-bond donors (Lipinski definition) is 0. The van der Waals surface area contributed by atoms with Crippen molar-refractivity contribution in [1.82, 2.24) is 9.78 Å². The molecule has 2 aliphatic rings. The largest absolute Gasteiger partial charge is 0.307 e. The smallest absolute Gasteiger partial charge is 0.255 e. The van der Waals surface area contributed by atoms with Crippen LogP contribution in [0.3, 0.4) is 0 Å². The minimum Gasteiger partial charge on any atom is -0.307 e. The van der Waals surface area contributed by atoms with Gasteiger partial charge in [-0.3, -0.25) is 19.2 Å². The zero-order valence-corrected chi connectivity index (χ0v) is 18.7. The van der Waals surface area contributed by atoms with Gasteiger partial charge in [-0.1, -0.05) is 43.5 Å². The van der Waals surface area contributed by atoms with Crippen LogP contribution in [0, 0.1) is 12.7 Å². The summed E-state index contributed by atoms with van der Waals surface area (Å²) >= 11 is 0. The summed E-state index contributed by atoms with van der Waals surface area (Å²) in [7, 11) is 0. The van der Waals surface area contributed by atoms with Crippen molar-refractivity contribution in [3.05, 3.63) is 77.9 Å². The van der Waals surface area contributed by atoms with Gasteiger partial charge in [0, 0.05) is 29.2 Å². The summed E-state index contributed by atoms with van der Waals surface area (Å²) in [6.45, 7) is 1.86. The van der Waals surface area contributed by atoms with Crippen LogP contribution in [0.25, 0.3) is 0 Å². The van der Waals surface area contributed by atoms with Crippen molar-refractivity contribution in [3.8, 4) is 0 Å². The van der Waals surface area contributed by atoms with Gasteiger partial charge in [-0.15, -0.1) is 0 Å². The Balaban J connectivity index is 1.57. The standard InChI is InChI=1S/C26H27FN4O2/c1-18-15-28-29(16-18)17-24(32)31(21-11-7-8-19(27)14-21)25-22-12-5-6-13-23(22)30(26(25)33)20-9-3-2-4-10-20/h5-8,11-16,20,25H,2-4,9-10,17H2,1H3. The van der Waals surface area contributed by atoms with Crippen molar-refractivity contribution < 1.29 is 14.0 Å². The first-order valence-electron chi connectivity index (χ1n) is 11.5. The van der Waals surface area contributed by atoms with E-state index in [4.69, 9.17) is 0 Å². The minimum absolute atomic E-state index is 0.0419. The van der Waals surface area contributed by atoms with Gasteiger partial charge in [0.05, 0.1) is 6.20 Å². The second-order valence-electron chi connectivity index (χ2n) is 8.92. The summed E-state index contributed by atoms with van der Waals surface area (Å²) in [5.74, 6) is -0.900. The first-order chi connectivity index (χ1) is 16.0. The number of aryl methyl sites for hydroxylation is 1. The Kier molecular flexibility index (Phi) is 5.70. The van der Waals surface area contributed by atoms with Gasteiger partial charge >= 0.3 is 0 Å². The average molecular weight is 447 g/mol. The topological polar surface area (TPSA) is 58.4 Å². The van der Waals surface area contributed by atoms with E-state index in [1.807, 2.05) is 36.1 Å². The Morgan fingerprint density at radius 3 is 2.64 bits per heavy atom. The van der Waals surface area contributed by atoms with Gasteiger partial charge in [-0.2, -0.15) is 5.10 Å². The van der Waals surface area contributed by atoms with Crippen molar-refractivity contribution in [1.29, 1.82) is 0 Å². The Bertz CT molecular complexity index is 1180. The van der Waals surface area contributed by atoms with Gasteiger partial charge in [0.1, 0.15) is 18.4 Å². The number of para-hydroxylation sites is 1. The van der Waals surface area contributed by atoms with Gasteiger partial charge in [-0.05, 0) is 49.6 Å². The lowest BCUT2D eigenvalue weighted by Crippen LogP contribution is -2.46. The number of amides is 2. The van der Waals surface area contributed by atoms with Crippen LogP contribution in [0.5, 0.6) is 0 Å². The number of nitrogens with zero attached hydrogens (tertiary/aromatic N) is 4. The summed E-state index contributed by atoms with van der Waals surface area (Å²) in [6.07, 6.45) is 8.72. The molecule has 1 aliphatic carbocycles. The number of rotatable bonds is 5. The van der Waals surface area contributed by atoms with E-state index in [-0.39, 0.29) is 24.4 Å². The highest BCUT2D eigenvalue weighted by Crippen LogP contribution is 2.44. The molecule has 6 nitrogen and oxygen atoms in total. The van der Waals surface area contributed by atoms with Gasteiger partial charge in [0.25, 0.3) is 5.91 Å². The van der Waals surface area contributed by atoms with Crippen molar-refractivity contribution in [3.63, 3.8) is 0 Å². The zero-order valence-electron chi connectivity index (χ0n) is 18.7. The summed E-state index contributed by atoms with van der Waals surface area (Å²) in [5, 5.41) is 4.23. The molecule has 170 valence electrons. The van der Waals surface area contributed by atoms with E-state index >= 15 is 0 Å². The van der Waals surface area contributed by atoms with Crippen molar-refractivity contribution in [2.24, 2.45) is 0 Å². The van der Waals surface area contributed by atoms with E-state index in [9.17, 15) is 14.0 Å². The normalized spacial score (nSPS) is 18.4. The maximum absolute atomic E-state index is 14.2. The number of aromatic nitrogens is 2. The summed E-state index contributed by atoms with van der Waals surface area (Å²) < 4.78 is 15.8. The molecule has 0 saturated heterocycles. The lowest BCUT2D eigenvalue weighted by atomic mass is 9.94. The van der Waals surface area contributed by atoms with Crippen LogP contribution in [0.15, 0.2) is 60.9 Å². The molecule has 1 saturated carbocycles. The van der Waals surface area contributed by atoms with Gasteiger partial charge in [-0.25, -0.2) is 4.39 Å². The number of carbonyl (C=O) groups excluding carboxylic acids is 2. The van der Waals surface area contributed by atoms with E-state index in [1.165, 1.54) is 23.5 Å². The second-order valence-corrected chi connectivity index (χ2v) is 8.92. The second kappa shape index (κ2) is 8.81. The highest BCUT2D eigenvalue weighted by molar-refractivity contribution is 6.11. The maximum Gasteiger partial charge on any atom is 0.255 e. The number of fused-ring (bicyclic) bond motifs is 1. The molecule has 1 fully saturated rings. The van der Waals surface area contributed by atoms with Crippen LogP contribution in [0.4, 0.5) is 15.8 Å². The highest BCUT2D eigenvalue weighted by atomic mass is 19.1. The van der Waals surface area contributed by atoms with Crippen molar-refractivity contribution in [2.75, 3.05) is 9.80 Å². The molecular formula is C26H27FN4O2. The molecule has 2 heterocycles. The van der Waals surface area contributed by atoms with Crippen LogP contribution >= 0.6 is 0 Å². The van der Waals surface area contributed by atoms with E-state index in [0.29, 0.717) is 5.69 Å². The molecule has 0 N–H and O–H groups in total. The molecule has 0 spiro atoms.